The van der Waals surface area contributed by atoms with Crippen LogP contribution < -0.4 is 0 Å². The Morgan fingerprint density at radius 2 is 1.72 bits per heavy atom. The zero-order valence-electron chi connectivity index (χ0n) is 15.3. The first-order valence-corrected chi connectivity index (χ1v) is 10.3. The molecule has 0 fully saturated rings. The van der Waals surface area contributed by atoms with Crippen LogP contribution in [-0.2, 0) is 10.0 Å². The smallest absolute Gasteiger partial charge is 0.242 e. The fourth-order valence-corrected chi connectivity index (χ4v) is 4.03. The number of aliphatic hydroxyl groups is 1. The Bertz CT molecular complexity index is 1200. The van der Waals surface area contributed by atoms with Gasteiger partial charge in [-0.1, -0.05) is 23.7 Å². The van der Waals surface area contributed by atoms with Gasteiger partial charge < -0.3 is 15.3 Å². The molecule has 0 saturated carbocycles. The Hall–Kier alpha value is -2.72. The number of halogens is 1. The summed E-state index contributed by atoms with van der Waals surface area (Å²) in [6.07, 6.45) is 0. The number of rotatable bonds is 6. The van der Waals surface area contributed by atoms with Gasteiger partial charge in [-0.05, 0) is 41.8 Å². The number of phenols is 2. The Labute approximate surface area is 172 Å². The number of hydrogen-bond acceptors (Lipinski definition) is 7. The number of nitrogens with zero attached hydrogens (tertiary/aromatic N) is 3. The number of hydrogen-bond donors (Lipinski definition) is 3. The SMILES string of the molecule is CN(CCO)S(=O)(=O)c1ccc2c(N=Nc3cc(Cl)ccc3O)c(O)ccc2c1. The minimum absolute atomic E-state index is 0.0292. The molecule has 0 bridgehead atoms. The number of aromatic hydroxyl groups is 2. The number of sulfonamides is 1. The topological polar surface area (TPSA) is 123 Å². The van der Waals surface area contributed by atoms with Gasteiger partial charge in [-0.25, -0.2) is 8.42 Å². The van der Waals surface area contributed by atoms with Crippen molar-refractivity contribution in [1.29, 1.82) is 0 Å². The van der Waals surface area contributed by atoms with Crippen molar-refractivity contribution >= 4 is 43.8 Å². The predicted molar refractivity (Wildman–Crippen MR) is 110 cm³/mol. The molecule has 0 aliphatic rings. The second kappa shape index (κ2) is 8.34. The summed E-state index contributed by atoms with van der Waals surface area (Å²) in [5, 5.41) is 38.4. The van der Waals surface area contributed by atoms with Crippen molar-refractivity contribution in [3.05, 3.63) is 53.6 Å². The van der Waals surface area contributed by atoms with Crippen LogP contribution in [0.2, 0.25) is 5.02 Å². The van der Waals surface area contributed by atoms with Gasteiger partial charge in [-0.15, -0.1) is 10.2 Å². The molecule has 0 aliphatic heterocycles. The largest absolute Gasteiger partial charge is 0.506 e. The van der Waals surface area contributed by atoms with Crippen molar-refractivity contribution in [2.75, 3.05) is 20.2 Å². The van der Waals surface area contributed by atoms with Gasteiger partial charge >= 0.3 is 0 Å². The van der Waals surface area contributed by atoms with Crippen LogP contribution in [0.15, 0.2) is 63.7 Å². The minimum atomic E-state index is -3.77. The zero-order valence-corrected chi connectivity index (χ0v) is 16.9. The molecule has 0 unspecified atom stereocenters. The van der Waals surface area contributed by atoms with Crippen molar-refractivity contribution in [3.63, 3.8) is 0 Å². The summed E-state index contributed by atoms with van der Waals surface area (Å²) in [6, 6.07) is 11.6. The molecule has 29 heavy (non-hydrogen) atoms. The summed E-state index contributed by atoms with van der Waals surface area (Å²) in [5.74, 6) is -0.283. The Balaban J connectivity index is 2.07. The lowest BCUT2D eigenvalue weighted by molar-refractivity contribution is 0.266. The van der Waals surface area contributed by atoms with E-state index in [0.717, 1.165) is 4.31 Å². The minimum Gasteiger partial charge on any atom is -0.506 e. The van der Waals surface area contributed by atoms with Crippen molar-refractivity contribution in [3.8, 4) is 11.5 Å². The van der Waals surface area contributed by atoms with E-state index in [9.17, 15) is 18.6 Å². The van der Waals surface area contributed by atoms with E-state index in [-0.39, 0.29) is 40.9 Å². The standard InChI is InChI=1S/C19H18ClN3O5S/c1-23(8-9-24)29(27,28)14-4-5-15-12(10-14)2-6-18(26)19(15)22-21-16-11-13(20)3-7-17(16)25/h2-7,10-11,24-26H,8-9H2,1H3. The number of benzene rings is 3. The Morgan fingerprint density at radius 3 is 2.45 bits per heavy atom. The Kier molecular flexibility index (Phi) is 6.04. The normalized spacial score (nSPS) is 12.3. The van der Waals surface area contributed by atoms with E-state index in [2.05, 4.69) is 10.2 Å². The van der Waals surface area contributed by atoms with Crippen molar-refractivity contribution in [2.45, 2.75) is 4.90 Å². The maximum Gasteiger partial charge on any atom is 0.242 e. The number of likely N-dealkylation sites (N-methyl/N-ethyl adjacent to an activating group) is 1. The first kappa shape index (κ1) is 21.0. The molecule has 0 heterocycles. The maximum absolute atomic E-state index is 12.6. The third-order valence-corrected chi connectivity index (χ3v) is 6.35. The van der Waals surface area contributed by atoms with Crippen LogP contribution in [0, 0.1) is 0 Å². The van der Waals surface area contributed by atoms with E-state index in [1.165, 1.54) is 49.5 Å². The average molecular weight is 436 g/mol. The highest BCUT2D eigenvalue weighted by Crippen LogP contribution is 2.38. The lowest BCUT2D eigenvalue weighted by atomic mass is 10.1. The monoisotopic (exact) mass is 435 g/mol. The van der Waals surface area contributed by atoms with Crippen molar-refractivity contribution in [2.24, 2.45) is 10.2 Å². The highest BCUT2D eigenvalue weighted by atomic mass is 35.5. The lowest BCUT2D eigenvalue weighted by Crippen LogP contribution is -2.29. The van der Waals surface area contributed by atoms with Gasteiger partial charge in [0, 0.05) is 24.0 Å². The quantitative estimate of drug-likeness (QED) is 0.506. The molecule has 0 atom stereocenters. The number of fused-ring (bicyclic) bond motifs is 1. The Morgan fingerprint density at radius 1 is 1.00 bits per heavy atom. The molecule has 0 aromatic heterocycles. The number of phenolic OH excluding ortho intramolecular Hbond substituents is 2. The van der Waals surface area contributed by atoms with Gasteiger partial charge in [-0.2, -0.15) is 4.31 Å². The summed E-state index contributed by atoms with van der Waals surface area (Å²) in [7, 11) is -2.39. The molecule has 3 N–H and O–H groups in total. The molecule has 0 aliphatic carbocycles. The zero-order chi connectivity index (χ0) is 21.2. The molecule has 0 spiro atoms. The van der Waals surface area contributed by atoms with Crippen molar-refractivity contribution in [1.82, 2.24) is 4.31 Å². The third kappa shape index (κ3) is 4.33. The summed E-state index contributed by atoms with van der Waals surface area (Å²) in [6.45, 7) is -0.323. The van der Waals surface area contributed by atoms with Crippen LogP contribution in [0.3, 0.4) is 0 Å². The molecule has 8 nitrogen and oxygen atoms in total. The van der Waals surface area contributed by atoms with Gasteiger partial charge in [0.25, 0.3) is 0 Å². The van der Waals surface area contributed by atoms with Crippen LogP contribution in [0.4, 0.5) is 11.4 Å². The molecule has 0 saturated heterocycles. The second-order valence-corrected chi connectivity index (χ2v) is 8.68. The van der Waals surface area contributed by atoms with Gasteiger partial charge in [0.2, 0.25) is 10.0 Å². The van der Waals surface area contributed by atoms with Gasteiger partial charge in [0.15, 0.2) is 0 Å². The second-order valence-electron chi connectivity index (χ2n) is 6.20. The molecular formula is C19H18ClN3O5S. The fourth-order valence-electron chi connectivity index (χ4n) is 2.67. The molecule has 0 radical (unpaired) electrons. The van der Waals surface area contributed by atoms with Crippen LogP contribution in [0.25, 0.3) is 10.8 Å². The molecular weight excluding hydrogens is 418 g/mol. The molecule has 10 heteroatoms. The summed E-state index contributed by atoms with van der Waals surface area (Å²) >= 11 is 5.89. The fraction of sp³-hybridized carbons (Fsp3) is 0.158. The van der Waals surface area contributed by atoms with Crippen molar-refractivity contribution < 1.29 is 23.7 Å². The van der Waals surface area contributed by atoms with E-state index in [0.29, 0.717) is 15.8 Å². The summed E-state index contributed by atoms with van der Waals surface area (Å²) in [5.41, 5.74) is 0.244. The third-order valence-electron chi connectivity index (χ3n) is 4.26. The lowest BCUT2D eigenvalue weighted by Gasteiger charge is -2.16. The van der Waals surface area contributed by atoms with Gasteiger partial charge in [-0.3, -0.25) is 0 Å². The van der Waals surface area contributed by atoms with E-state index in [1.807, 2.05) is 0 Å². The van der Waals surface area contributed by atoms with Gasteiger partial charge in [0.1, 0.15) is 22.9 Å². The first-order chi connectivity index (χ1) is 13.7. The highest BCUT2D eigenvalue weighted by molar-refractivity contribution is 7.89. The summed E-state index contributed by atoms with van der Waals surface area (Å²) < 4.78 is 26.2. The predicted octanol–water partition coefficient (Wildman–Crippen LogP) is 3.93. The van der Waals surface area contributed by atoms with Crippen LogP contribution in [-0.4, -0.2) is 48.2 Å². The molecule has 3 aromatic rings. The molecule has 0 amide bonds. The van der Waals surface area contributed by atoms with Crippen LogP contribution in [0.5, 0.6) is 11.5 Å². The number of aliphatic hydroxyl groups excluding tert-OH is 1. The first-order valence-electron chi connectivity index (χ1n) is 8.47. The van der Waals surface area contributed by atoms with Crippen LogP contribution >= 0.6 is 11.6 Å². The van der Waals surface area contributed by atoms with Gasteiger partial charge in [0.05, 0.1) is 11.5 Å². The van der Waals surface area contributed by atoms with E-state index < -0.39 is 10.0 Å². The number of azo groups is 1. The average Bonchev–Trinajstić information content (AvgIpc) is 2.69. The molecule has 152 valence electrons. The van der Waals surface area contributed by atoms with E-state index in [1.54, 1.807) is 6.07 Å². The molecule has 3 aromatic carbocycles. The maximum atomic E-state index is 12.6. The summed E-state index contributed by atoms with van der Waals surface area (Å²) in [4.78, 5) is 0.0435. The highest BCUT2D eigenvalue weighted by Gasteiger charge is 2.21. The van der Waals surface area contributed by atoms with Crippen LogP contribution in [0.1, 0.15) is 0 Å². The molecule has 3 rings (SSSR count). The van der Waals surface area contributed by atoms with E-state index >= 15 is 0 Å². The van der Waals surface area contributed by atoms with E-state index in [4.69, 9.17) is 16.7 Å².